The first-order valence-corrected chi connectivity index (χ1v) is 3.48. The molecule has 0 aliphatic heterocycles. The molecule has 0 aliphatic rings. The van der Waals surface area contributed by atoms with Crippen LogP contribution in [0.25, 0.3) is 0 Å². The van der Waals surface area contributed by atoms with Crippen LogP contribution in [0.2, 0.25) is 0 Å². The van der Waals surface area contributed by atoms with Crippen molar-refractivity contribution in [3.8, 4) is 11.8 Å². The van der Waals surface area contributed by atoms with E-state index in [0.717, 1.165) is 11.5 Å². The minimum atomic E-state index is 0.706. The number of aryl methyl sites for hydroxylation is 1. The van der Waals surface area contributed by atoms with E-state index in [1.807, 2.05) is 14.0 Å². The summed E-state index contributed by atoms with van der Waals surface area (Å²) in [6.45, 7) is 2.61. The molecule has 11 heavy (non-hydrogen) atoms. The molecule has 0 spiro atoms. The minimum Gasteiger partial charge on any atom is -0.336 e. The standard InChI is InChI=1S/C8H11N3/c1-7-10-6-8(11-7)4-3-5-9-2/h6,9H,5H2,1-2H3,(H,10,11). The Hall–Kier alpha value is -1.27. The first-order valence-electron chi connectivity index (χ1n) is 3.48. The molecule has 0 amide bonds. The molecular weight excluding hydrogens is 138 g/mol. The zero-order chi connectivity index (χ0) is 8.10. The summed E-state index contributed by atoms with van der Waals surface area (Å²) in [6, 6.07) is 0. The van der Waals surface area contributed by atoms with Crippen molar-refractivity contribution in [2.75, 3.05) is 13.6 Å². The highest BCUT2D eigenvalue weighted by Crippen LogP contribution is 1.91. The van der Waals surface area contributed by atoms with Crippen molar-refractivity contribution in [2.45, 2.75) is 6.92 Å². The molecule has 0 fully saturated rings. The number of hydrogen-bond acceptors (Lipinski definition) is 2. The molecule has 0 radical (unpaired) electrons. The molecule has 0 atom stereocenters. The van der Waals surface area contributed by atoms with Gasteiger partial charge in [0.2, 0.25) is 0 Å². The highest BCUT2D eigenvalue weighted by atomic mass is 14.9. The maximum atomic E-state index is 4.02. The Morgan fingerprint density at radius 2 is 2.55 bits per heavy atom. The van der Waals surface area contributed by atoms with Crippen molar-refractivity contribution < 1.29 is 0 Å². The van der Waals surface area contributed by atoms with Crippen LogP contribution in [-0.2, 0) is 0 Å². The second kappa shape index (κ2) is 3.79. The zero-order valence-electron chi connectivity index (χ0n) is 6.73. The van der Waals surface area contributed by atoms with Crippen LogP contribution >= 0.6 is 0 Å². The Bertz CT molecular complexity index is 277. The van der Waals surface area contributed by atoms with Gasteiger partial charge in [0.25, 0.3) is 0 Å². The maximum absolute atomic E-state index is 4.02. The third-order valence-corrected chi connectivity index (χ3v) is 1.19. The number of imidazole rings is 1. The Labute approximate surface area is 66.2 Å². The second-order valence-electron chi connectivity index (χ2n) is 2.21. The summed E-state index contributed by atoms with van der Waals surface area (Å²) in [7, 11) is 1.87. The van der Waals surface area contributed by atoms with Gasteiger partial charge in [0, 0.05) is 0 Å². The van der Waals surface area contributed by atoms with Gasteiger partial charge in [-0.2, -0.15) is 0 Å². The van der Waals surface area contributed by atoms with Gasteiger partial charge in [0.1, 0.15) is 11.5 Å². The fourth-order valence-corrected chi connectivity index (χ4v) is 0.712. The van der Waals surface area contributed by atoms with E-state index in [1.54, 1.807) is 6.20 Å². The zero-order valence-corrected chi connectivity index (χ0v) is 6.73. The largest absolute Gasteiger partial charge is 0.336 e. The van der Waals surface area contributed by atoms with Gasteiger partial charge < -0.3 is 10.3 Å². The van der Waals surface area contributed by atoms with Crippen molar-refractivity contribution in [3.05, 3.63) is 17.7 Å². The van der Waals surface area contributed by atoms with Crippen LogP contribution in [0.1, 0.15) is 11.5 Å². The van der Waals surface area contributed by atoms with E-state index in [4.69, 9.17) is 0 Å². The molecule has 0 aromatic carbocycles. The molecule has 0 unspecified atom stereocenters. The van der Waals surface area contributed by atoms with Crippen LogP contribution in [-0.4, -0.2) is 23.6 Å². The summed E-state index contributed by atoms with van der Waals surface area (Å²) in [6.07, 6.45) is 1.73. The number of rotatable bonds is 1. The Morgan fingerprint density at radius 3 is 3.09 bits per heavy atom. The van der Waals surface area contributed by atoms with E-state index < -0.39 is 0 Å². The number of H-pyrrole nitrogens is 1. The number of nitrogens with zero attached hydrogens (tertiary/aromatic N) is 1. The van der Waals surface area contributed by atoms with E-state index in [2.05, 4.69) is 27.1 Å². The average Bonchev–Trinajstić information content (AvgIpc) is 2.37. The first kappa shape index (κ1) is 7.83. The lowest BCUT2D eigenvalue weighted by atomic mass is 10.4. The van der Waals surface area contributed by atoms with Gasteiger partial charge in [0.15, 0.2) is 0 Å². The fourth-order valence-electron chi connectivity index (χ4n) is 0.712. The lowest BCUT2D eigenvalue weighted by Crippen LogP contribution is -2.04. The summed E-state index contributed by atoms with van der Waals surface area (Å²) >= 11 is 0. The Morgan fingerprint density at radius 1 is 1.73 bits per heavy atom. The summed E-state index contributed by atoms with van der Waals surface area (Å²) in [4.78, 5) is 7.04. The molecule has 2 N–H and O–H groups in total. The van der Waals surface area contributed by atoms with E-state index in [1.165, 1.54) is 0 Å². The predicted octanol–water partition coefficient (Wildman–Crippen LogP) is 0.289. The van der Waals surface area contributed by atoms with Crippen molar-refractivity contribution in [1.82, 2.24) is 15.3 Å². The van der Waals surface area contributed by atoms with Gasteiger partial charge in [-0.15, -0.1) is 0 Å². The normalized spacial score (nSPS) is 8.91. The van der Waals surface area contributed by atoms with Crippen molar-refractivity contribution in [3.63, 3.8) is 0 Å². The average molecular weight is 149 g/mol. The molecule has 3 nitrogen and oxygen atoms in total. The van der Waals surface area contributed by atoms with Crippen molar-refractivity contribution >= 4 is 0 Å². The van der Waals surface area contributed by atoms with Crippen LogP contribution in [0.4, 0.5) is 0 Å². The minimum absolute atomic E-state index is 0.706. The van der Waals surface area contributed by atoms with Gasteiger partial charge in [0.05, 0.1) is 12.7 Å². The number of nitrogens with one attached hydrogen (secondary N) is 2. The molecule has 0 bridgehead atoms. The topological polar surface area (TPSA) is 40.7 Å². The lowest BCUT2D eigenvalue weighted by molar-refractivity contribution is 0.938. The van der Waals surface area contributed by atoms with Gasteiger partial charge in [-0.1, -0.05) is 5.92 Å². The van der Waals surface area contributed by atoms with Gasteiger partial charge >= 0.3 is 0 Å². The van der Waals surface area contributed by atoms with Gasteiger partial charge in [-0.25, -0.2) is 4.98 Å². The predicted molar refractivity (Wildman–Crippen MR) is 44.1 cm³/mol. The van der Waals surface area contributed by atoms with Crippen LogP contribution in [0.5, 0.6) is 0 Å². The van der Waals surface area contributed by atoms with Gasteiger partial charge in [-0.3, -0.25) is 0 Å². The highest BCUT2D eigenvalue weighted by Gasteiger charge is 1.88. The summed E-state index contributed by atoms with van der Waals surface area (Å²) < 4.78 is 0. The first-order chi connectivity index (χ1) is 5.33. The SMILES string of the molecule is CNCC#Cc1cnc(C)[nH]1. The van der Waals surface area contributed by atoms with Crippen molar-refractivity contribution in [1.29, 1.82) is 0 Å². The number of aromatic amines is 1. The van der Waals surface area contributed by atoms with E-state index in [-0.39, 0.29) is 0 Å². The molecule has 1 rings (SSSR count). The molecular formula is C8H11N3. The molecule has 0 saturated carbocycles. The fraction of sp³-hybridized carbons (Fsp3) is 0.375. The molecule has 1 aromatic heterocycles. The molecule has 1 heterocycles. The molecule has 58 valence electrons. The number of aromatic nitrogens is 2. The van der Waals surface area contributed by atoms with Crippen LogP contribution < -0.4 is 5.32 Å². The maximum Gasteiger partial charge on any atom is 0.109 e. The van der Waals surface area contributed by atoms with E-state index in [9.17, 15) is 0 Å². The molecule has 3 heteroatoms. The van der Waals surface area contributed by atoms with Crippen LogP contribution in [0.3, 0.4) is 0 Å². The molecule has 0 saturated heterocycles. The summed E-state index contributed by atoms with van der Waals surface area (Å²) in [5.41, 5.74) is 0.873. The second-order valence-corrected chi connectivity index (χ2v) is 2.21. The summed E-state index contributed by atoms with van der Waals surface area (Å²) in [5.74, 6) is 6.77. The Kier molecular flexibility index (Phi) is 2.70. The smallest absolute Gasteiger partial charge is 0.109 e. The number of hydrogen-bond donors (Lipinski definition) is 2. The lowest BCUT2D eigenvalue weighted by Gasteiger charge is -1.81. The molecule has 0 aliphatic carbocycles. The monoisotopic (exact) mass is 149 g/mol. The van der Waals surface area contributed by atoms with Crippen molar-refractivity contribution in [2.24, 2.45) is 0 Å². The third kappa shape index (κ3) is 2.44. The Balaban J connectivity index is 2.59. The highest BCUT2D eigenvalue weighted by molar-refractivity contribution is 5.25. The molecule has 1 aromatic rings. The summed E-state index contributed by atoms with van der Waals surface area (Å²) in [5, 5.41) is 2.94. The van der Waals surface area contributed by atoms with Gasteiger partial charge in [-0.05, 0) is 19.9 Å². The van der Waals surface area contributed by atoms with E-state index in [0.29, 0.717) is 6.54 Å². The quantitative estimate of drug-likeness (QED) is 0.563. The van der Waals surface area contributed by atoms with E-state index >= 15 is 0 Å². The third-order valence-electron chi connectivity index (χ3n) is 1.19. The van der Waals surface area contributed by atoms with Crippen LogP contribution in [0.15, 0.2) is 6.20 Å². The van der Waals surface area contributed by atoms with Crippen LogP contribution in [0, 0.1) is 18.8 Å².